The third kappa shape index (κ3) is 3.03. The van der Waals surface area contributed by atoms with Crippen LogP contribution >= 0.6 is 0 Å². The van der Waals surface area contributed by atoms with Crippen molar-refractivity contribution in [1.82, 2.24) is 9.55 Å². The Morgan fingerprint density at radius 2 is 2.06 bits per heavy atom. The molecular weight excluding hydrogens is 212 g/mol. The second kappa shape index (κ2) is 5.43. The first-order chi connectivity index (χ1) is 8.29. The maximum absolute atomic E-state index is 11.9. The van der Waals surface area contributed by atoms with Gasteiger partial charge >= 0.3 is 0 Å². The van der Waals surface area contributed by atoms with E-state index in [1.54, 1.807) is 10.9 Å². The molecule has 0 radical (unpaired) electrons. The Hall–Kier alpha value is -1.90. The van der Waals surface area contributed by atoms with Gasteiger partial charge in [-0.05, 0) is 18.4 Å². The Morgan fingerprint density at radius 3 is 2.71 bits per heavy atom. The third-order valence-corrected chi connectivity index (χ3v) is 2.76. The van der Waals surface area contributed by atoms with Crippen molar-refractivity contribution in [2.24, 2.45) is 0 Å². The van der Waals surface area contributed by atoms with Gasteiger partial charge in [0.05, 0.1) is 5.69 Å². The molecule has 1 aromatic carbocycles. The van der Waals surface area contributed by atoms with E-state index in [9.17, 15) is 4.79 Å². The molecule has 3 heteroatoms. The molecule has 1 heterocycles. The SMILES string of the molecule is CCc1cn(C(=O)CCc2ccccc2)cn1. The number of carbonyl (C=O) groups is 1. The minimum absolute atomic E-state index is 0.0982. The average molecular weight is 228 g/mol. The first-order valence-electron chi connectivity index (χ1n) is 5.89. The minimum atomic E-state index is 0.0982. The quantitative estimate of drug-likeness (QED) is 0.806. The van der Waals surface area contributed by atoms with Gasteiger partial charge in [0.25, 0.3) is 0 Å². The van der Waals surface area contributed by atoms with Gasteiger partial charge < -0.3 is 0 Å². The molecule has 0 atom stereocenters. The molecule has 0 bridgehead atoms. The van der Waals surface area contributed by atoms with Crippen LogP contribution in [0.5, 0.6) is 0 Å². The lowest BCUT2D eigenvalue weighted by molar-refractivity contribution is 0.0902. The number of nitrogens with zero attached hydrogens (tertiary/aromatic N) is 2. The summed E-state index contributed by atoms with van der Waals surface area (Å²) in [6.45, 7) is 2.03. The third-order valence-electron chi connectivity index (χ3n) is 2.76. The number of hydrogen-bond acceptors (Lipinski definition) is 2. The molecule has 0 aliphatic rings. The molecule has 0 aliphatic heterocycles. The highest BCUT2D eigenvalue weighted by Crippen LogP contribution is 2.05. The van der Waals surface area contributed by atoms with Gasteiger partial charge in [0.15, 0.2) is 0 Å². The fourth-order valence-electron chi connectivity index (χ4n) is 1.71. The van der Waals surface area contributed by atoms with Gasteiger partial charge in [-0.15, -0.1) is 0 Å². The number of imidazole rings is 1. The first kappa shape index (κ1) is 11.6. The molecule has 0 saturated heterocycles. The molecule has 88 valence electrons. The summed E-state index contributed by atoms with van der Waals surface area (Å²) < 4.78 is 1.59. The van der Waals surface area contributed by atoms with E-state index in [1.807, 2.05) is 43.5 Å². The molecule has 3 nitrogen and oxygen atoms in total. The molecule has 0 spiro atoms. The van der Waals surface area contributed by atoms with E-state index < -0.39 is 0 Å². The van der Waals surface area contributed by atoms with Crippen molar-refractivity contribution in [3.63, 3.8) is 0 Å². The summed E-state index contributed by atoms with van der Waals surface area (Å²) in [6.07, 6.45) is 5.57. The molecule has 2 aromatic rings. The second-order valence-electron chi connectivity index (χ2n) is 4.01. The summed E-state index contributed by atoms with van der Waals surface area (Å²) in [5, 5.41) is 0. The molecule has 17 heavy (non-hydrogen) atoms. The monoisotopic (exact) mass is 228 g/mol. The molecule has 0 aliphatic carbocycles. The van der Waals surface area contributed by atoms with Crippen LogP contribution in [0.15, 0.2) is 42.9 Å². The van der Waals surface area contributed by atoms with Crippen LogP contribution in [0, 0.1) is 0 Å². The maximum Gasteiger partial charge on any atom is 0.232 e. The summed E-state index contributed by atoms with van der Waals surface area (Å²) in [5.74, 6) is 0.0982. The summed E-state index contributed by atoms with van der Waals surface area (Å²) >= 11 is 0. The van der Waals surface area contributed by atoms with Crippen molar-refractivity contribution in [2.75, 3.05) is 0 Å². The lowest BCUT2D eigenvalue weighted by Gasteiger charge is -2.01. The lowest BCUT2D eigenvalue weighted by atomic mass is 10.1. The summed E-state index contributed by atoms with van der Waals surface area (Å²) in [7, 11) is 0. The van der Waals surface area contributed by atoms with E-state index >= 15 is 0 Å². The first-order valence-corrected chi connectivity index (χ1v) is 5.89. The highest BCUT2D eigenvalue weighted by molar-refractivity contribution is 5.78. The summed E-state index contributed by atoms with van der Waals surface area (Å²) in [4.78, 5) is 16.0. The number of aryl methyl sites for hydroxylation is 2. The van der Waals surface area contributed by atoms with Crippen LogP contribution in [0.1, 0.15) is 29.4 Å². The molecule has 2 rings (SSSR count). The fourth-order valence-corrected chi connectivity index (χ4v) is 1.71. The van der Waals surface area contributed by atoms with Crippen molar-refractivity contribution in [2.45, 2.75) is 26.2 Å². The van der Waals surface area contributed by atoms with E-state index in [2.05, 4.69) is 4.98 Å². The van der Waals surface area contributed by atoms with Crippen LogP contribution in [-0.4, -0.2) is 15.5 Å². The van der Waals surface area contributed by atoms with Gasteiger partial charge in [0.2, 0.25) is 5.91 Å². The summed E-state index contributed by atoms with van der Waals surface area (Å²) in [5.41, 5.74) is 2.15. The van der Waals surface area contributed by atoms with Crippen LogP contribution in [0.25, 0.3) is 0 Å². The number of benzene rings is 1. The van der Waals surface area contributed by atoms with E-state index in [0.29, 0.717) is 6.42 Å². The van der Waals surface area contributed by atoms with Gasteiger partial charge in [-0.25, -0.2) is 4.98 Å². The van der Waals surface area contributed by atoms with Gasteiger partial charge in [0.1, 0.15) is 6.33 Å². The van der Waals surface area contributed by atoms with Gasteiger partial charge in [-0.1, -0.05) is 37.3 Å². The lowest BCUT2D eigenvalue weighted by Crippen LogP contribution is -2.09. The molecule has 0 fully saturated rings. The van der Waals surface area contributed by atoms with Gasteiger partial charge in [-0.2, -0.15) is 0 Å². The van der Waals surface area contributed by atoms with E-state index in [1.165, 1.54) is 5.56 Å². The van der Waals surface area contributed by atoms with Crippen LogP contribution in [0.3, 0.4) is 0 Å². The molecule has 0 N–H and O–H groups in total. The van der Waals surface area contributed by atoms with Crippen molar-refractivity contribution in [3.05, 3.63) is 54.1 Å². The van der Waals surface area contributed by atoms with Crippen molar-refractivity contribution >= 4 is 5.91 Å². The highest BCUT2D eigenvalue weighted by Gasteiger charge is 2.06. The highest BCUT2D eigenvalue weighted by atomic mass is 16.2. The fraction of sp³-hybridized carbons (Fsp3) is 0.286. The second-order valence-corrected chi connectivity index (χ2v) is 4.01. The van der Waals surface area contributed by atoms with Gasteiger partial charge in [-0.3, -0.25) is 9.36 Å². The van der Waals surface area contributed by atoms with Gasteiger partial charge in [0, 0.05) is 12.6 Å². The molecule has 0 saturated carbocycles. The topological polar surface area (TPSA) is 34.9 Å². The number of rotatable bonds is 4. The zero-order valence-corrected chi connectivity index (χ0v) is 9.97. The Kier molecular flexibility index (Phi) is 3.70. The summed E-state index contributed by atoms with van der Waals surface area (Å²) in [6, 6.07) is 10.0. The zero-order valence-electron chi connectivity index (χ0n) is 9.97. The Morgan fingerprint density at radius 1 is 1.29 bits per heavy atom. The Balaban J connectivity index is 1.93. The van der Waals surface area contributed by atoms with Crippen molar-refractivity contribution in [1.29, 1.82) is 0 Å². The Labute approximate surface area is 101 Å². The molecule has 0 unspecified atom stereocenters. The minimum Gasteiger partial charge on any atom is -0.276 e. The molecule has 0 amide bonds. The number of aromatic nitrogens is 2. The predicted molar refractivity (Wildman–Crippen MR) is 67.0 cm³/mol. The van der Waals surface area contributed by atoms with E-state index in [4.69, 9.17) is 0 Å². The van der Waals surface area contributed by atoms with Crippen molar-refractivity contribution in [3.8, 4) is 0 Å². The van der Waals surface area contributed by atoms with E-state index in [-0.39, 0.29) is 5.91 Å². The number of carbonyl (C=O) groups excluding carboxylic acids is 1. The zero-order chi connectivity index (χ0) is 12.1. The number of hydrogen-bond donors (Lipinski definition) is 0. The van der Waals surface area contributed by atoms with Crippen molar-refractivity contribution < 1.29 is 4.79 Å². The molecular formula is C14H16N2O. The smallest absolute Gasteiger partial charge is 0.232 e. The largest absolute Gasteiger partial charge is 0.276 e. The standard InChI is InChI=1S/C14H16N2O/c1-2-13-10-16(11-15-13)14(17)9-8-12-6-4-3-5-7-12/h3-7,10-11H,2,8-9H2,1H3. The molecule has 1 aromatic heterocycles. The maximum atomic E-state index is 11.9. The van der Waals surface area contributed by atoms with Crippen LogP contribution in [0.2, 0.25) is 0 Å². The van der Waals surface area contributed by atoms with Crippen LogP contribution in [-0.2, 0) is 12.8 Å². The normalized spacial score (nSPS) is 10.4. The van der Waals surface area contributed by atoms with Crippen LogP contribution in [0.4, 0.5) is 0 Å². The van der Waals surface area contributed by atoms with E-state index in [0.717, 1.165) is 18.5 Å². The Bertz CT molecular complexity index is 488. The predicted octanol–water partition coefficient (Wildman–Crippen LogP) is 2.72. The average Bonchev–Trinajstić information content (AvgIpc) is 2.86. The van der Waals surface area contributed by atoms with Crippen LogP contribution < -0.4 is 0 Å².